The van der Waals surface area contributed by atoms with Gasteiger partial charge in [0, 0.05) is 25.4 Å². The highest BCUT2D eigenvalue weighted by molar-refractivity contribution is 5.91. The lowest BCUT2D eigenvalue weighted by molar-refractivity contribution is -0.140. The van der Waals surface area contributed by atoms with Crippen molar-refractivity contribution < 1.29 is 14.7 Å². The van der Waals surface area contributed by atoms with Crippen LogP contribution in [0.15, 0.2) is 6.20 Å². The van der Waals surface area contributed by atoms with E-state index in [4.69, 9.17) is 5.11 Å². The van der Waals surface area contributed by atoms with Crippen molar-refractivity contribution in [3.8, 4) is 0 Å². The molecule has 0 saturated heterocycles. The third-order valence-corrected chi connectivity index (χ3v) is 3.94. The highest BCUT2D eigenvalue weighted by atomic mass is 16.4. The number of aliphatic carboxylic acids is 1. The molecule has 1 aromatic rings. The molecule has 1 heterocycles. The molecule has 2 atom stereocenters. The second-order valence-electron chi connectivity index (χ2n) is 5.75. The van der Waals surface area contributed by atoms with Gasteiger partial charge in [-0.15, -0.1) is 0 Å². The van der Waals surface area contributed by atoms with Gasteiger partial charge in [-0.3, -0.25) is 14.3 Å². The molecule has 2 rings (SSSR count). The predicted octanol–water partition coefficient (Wildman–Crippen LogP) is 0.702. The van der Waals surface area contributed by atoms with Gasteiger partial charge in [-0.05, 0) is 12.3 Å². The molecule has 0 spiro atoms. The van der Waals surface area contributed by atoms with Crippen LogP contribution in [-0.4, -0.2) is 26.8 Å². The largest absolute Gasteiger partial charge is 0.481 e. The van der Waals surface area contributed by atoms with Gasteiger partial charge < -0.3 is 10.4 Å². The van der Waals surface area contributed by atoms with E-state index in [1.165, 1.54) is 0 Å². The molecule has 1 aliphatic rings. The molecular weight excluding hydrogens is 246 g/mol. The third-order valence-electron chi connectivity index (χ3n) is 3.94. The van der Waals surface area contributed by atoms with Crippen molar-refractivity contribution in [2.24, 2.45) is 24.3 Å². The van der Waals surface area contributed by atoms with Crippen molar-refractivity contribution in [1.29, 1.82) is 0 Å². The maximum atomic E-state index is 12.0. The fourth-order valence-corrected chi connectivity index (χ4v) is 2.70. The zero-order chi connectivity index (χ0) is 14.4. The Morgan fingerprint density at radius 3 is 2.53 bits per heavy atom. The number of hydrogen-bond donors (Lipinski definition) is 2. The molecule has 1 aliphatic carbocycles. The first kappa shape index (κ1) is 13.6. The van der Waals surface area contributed by atoms with E-state index in [9.17, 15) is 9.59 Å². The molecule has 1 aromatic heterocycles. The Morgan fingerprint density at radius 1 is 1.47 bits per heavy atom. The van der Waals surface area contributed by atoms with E-state index < -0.39 is 23.2 Å². The molecule has 0 aromatic carbocycles. The van der Waals surface area contributed by atoms with Crippen molar-refractivity contribution in [3.63, 3.8) is 0 Å². The van der Waals surface area contributed by atoms with Gasteiger partial charge in [0.15, 0.2) is 0 Å². The predicted molar refractivity (Wildman–Crippen MR) is 68.2 cm³/mol. The second kappa shape index (κ2) is 4.36. The number of aryl methyl sites for hydroxylation is 2. The van der Waals surface area contributed by atoms with Gasteiger partial charge in [0.2, 0.25) is 5.91 Å². The summed E-state index contributed by atoms with van der Waals surface area (Å²) >= 11 is 0. The molecule has 0 aliphatic heterocycles. The van der Waals surface area contributed by atoms with Crippen LogP contribution in [0.5, 0.6) is 0 Å². The average molecular weight is 265 g/mol. The summed E-state index contributed by atoms with van der Waals surface area (Å²) in [6.07, 6.45) is 1.85. The maximum absolute atomic E-state index is 12.0. The fraction of sp³-hybridized carbons (Fsp3) is 0.615. The van der Waals surface area contributed by atoms with Crippen LogP contribution in [0.1, 0.15) is 25.1 Å². The van der Waals surface area contributed by atoms with Crippen molar-refractivity contribution in [2.75, 3.05) is 0 Å². The minimum Gasteiger partial charge on any atom is -0.481 e. The standard InChI is InChI=1S/C13H19N3O3/c1-7-8(6-16(4)15-7)5-14-11(17)9-10(12(18)19)13(9,2)3/h6,9-10H,5H2,1-4H3,(H,14,17)(H,18,19). The number of amides is 1. The van der Waals surface area contributed by atoms with E-state index in [1.54, 1.807) is 4.68 Å². The number of nitrogens with one attached hydrogen (secondary N) is 1. The summed E-state index contributed by atoms with van der Waals surface area (Å²) in [5, 5.41) is 16.0. The van der Waals surface area contributed by atoms with Crippen LogP contribution in [0.25, 0.3) is 0 Å². The minimum atomic E-state index is -0.900. The zero-order valence-electron chi connectivity index (χ0n) is 11.6. The van der Waals surface area contributed by atoms with Crippen LogP contribution in [0.2, 0.25) is 0 Å². The number of nitrogens with zero attached hydrogens (tertiary/aromatic N) is 2. The Hall–Kier alpha value is -1.85. The SMILES string of the molecule is Cc1nn(C)cc1CNC(=O)C1C(C(=O)O)C1(C)C. The molecule has 1 amide bonds. The fourth-order valence-electron chi connectivity index (χ4n) is 2.70. The van der Waals surface area contributed by atoms with Gasteiger partial charge in [0.25, 0.3) is 0 Å². The lowest BCUT2D eigenvalue weighted by atomic mass is 10.1. The molecule has 2 N–H and O–H groups in total. The van der Waals surface area contributed by atoms with Crippen LogP contribution < -0.4 is 5.32 Å². The van der Waals surface area contributed by atoms with Crippen molar-refractivity contribution in [2.45, 2.75) is 27.3 Å². The summed E-state index contributed by atoms with van der Waals surface area (Å²) in [5.74, 6) is -2.12. The van der Waals surface area contributed by atoms with Crippen LogP contribution in [0.3, 0.4) is 0 Å². The first-order chi connectivity index (χ1) is 8.75. The Kier molecular flexibility index (Phi) is 3.12. The van der Waals surface area contributed by atoms with Crippen LogP contribution in [-0.2, 0) is 23.2 Å². The van der Waals surface area contributed by atoms with Gasteiger partial charge in [-0.1, -0.05) is 13.8 Å². The van der Waals surface area contributed by atoms with Crippen molar-refractivity contribution in [3.05, 3.63) is 17.5 Å². The van der Waals surface area contributed by atoms with E-state index in [2.05, 4.69) is 10.4 Å². The molecule has 0 radical (unpaired) electrons. The van der Waals surface area contributed by atoms with E-state index in [-0.39, 0.29) is 5.91 Å². The number of rotatable bonds is 4. The zero-order valence-corrected chi connectivity index (χ0v) is 11.6. The third kappa shape index (κ3) is 2.34. The number of carbonyl (C=O) groups is 2. The van der Waals surface area contributed by atoms with Crippen LogP contribution in [0.4, 0.5) is 0 Å². The number of aromatic nitrogens is 2. The summed E-state index contributed by atoms with van der Waals surface area (Å²) in [5.41, 5.74) is 1.36. The molecule has 6 nitrogen and oxygen atoms in total. The lowest BCUT2D eigenvalue weighted by Crippen LogP contribution is -2.27. The van der Waals surface area contributed by atoms with Gasteiger partial charge in [-0.2, -0.15) is 5.10 Å². The molecule has 0 bridgehead atoms. The number of carboxylic acid groups (broad SMARTS) is 1. The highest BCUT2D eigenvalue weighted by Crippen LogP contribution is 2.58. The molecule has 2 unspecified atom stereocenters. The summed E-state index contributed by atoms with van der Waals surface area (Å²) in [7, 11) is 1.82. The Labute approximate surface area is 111 Å². The molecule has 104 valence electrons. The van der Waals surface area contributed by atoms with Gasteiger partial charge >= 0.3 is 5.97 Å². The topological polar surface area (TPSA) is 84.2 Å². The van der Waals surface area contributed by atoms with Crippen molar-refractivity contribution in [1.82, 2.24) is 15.1 Å². The van der Waals surface area contributed by atoms with Gasteiger partial charge in [0.05, 0.1) is 17.5 Å². The first-order valence-electron chi connectivity index (χ1n) is 6.24. The van der Waals surface area contributed by atoms with E-state index in [0.717, 1.165) is 11.3 Å². The molecule has 19 heavy (non-hydrogen) atoms. The monoisotopic (exact) mass is 265 g/mol. The Morgan fingerprint density at radius 2 is 2.11 bits per heavy atom. The Bertz CT molecular complexity index is 533. The maximum Gasteiger partial charge on any atom is 0.307 e. The molecular formula is C13H19N3O3. The molecule has 6 heteroatoms. The van der Waals surface area contributed by atoms with Gasteiger partial charge in [0.1, 0.15) is 0 Å². The summed E-state index contributed by atoms with van der Waals surface area (Å²) in [6, 6.07) is 0. The lowest BCUT2D eigenvalue weighted by Gasteiger charge is -2.05. The van der Waals surface area contributed by atoms with Gasteiger partial charge in [-0.25, -0.2) is 0 Å². The normalized spacial score (nSPS) is 24.0. The number of carboxylic acids is 1. The van der Waals surface area contributed by atoms with E-state index in [1.807, 2.05) is 34.0 Å². The minimum absolute atomic E-state index is 0.194. The van der Waals surface area contributed by atoms with Crippen LogP contribution in [0, 0.1) is 24.2 Å². The van der Waals surface area contributed by atoms with E-state index >= 15 is 0 Å². The quantitative estimate of drug-likeness (QED) is 0.839. The van der Waals surface area contributed by atoms with E-state index in [0.29, 0.717) is 6.54 Å². The van der Waals surface area contributed by atoms with Crippen molar-refractivity contribution >= 4 is 11.9 Å². The number of carbonyl (C=O) groups excluding carboxylic acids is 1. The number of hydrogen-bond acceptors (Lipinski definition) is 3. The summed E-state index contributed by atoms with van der Waals surface area (Å²) in [6.45, 7) is 5.89. The smallest absolute Gasteiger partial charge is 0.307 e. The summed E-state index contributed by atoms with van der Waals surface area (Å²) in [4.78, 5) is 23.1. The molecule has 1 fully saturated rings. The average Bonchev–Trinajstić information content (AvgIpc) is 2.72. The second-order valence-corrected chi connectivity index (χ2v) is 5.75. The Balaban J connectivity index is 1.96. The summed E-state index contributed by atoms with van der Waals surface area (Å²) < 4.78 is 1.69. The highest BCUT2D eigenvalue weighted by Gasteiger charge is 2.65. The first-order valence-corrected chi connectivity index (χ1v) is 6.24. The molecule has 1 saturated carbocycles. The van der Waals surface area contributed by atoms with Crippen LogP contribution >= 0.6 is 0 Å².